The smallest absolute Gasteiger partial charge is 0.304 e. The van der Waals surface area contributed by atoms with Crippen LogP contribution in [0.3, 0.4) is 0 Å². The molecule has 0 atom stereocenters. The fourth-order valence-corrected chi connectivity index (χ4v) is 3.68. The third kappa shape index (κ3) is 5.16. The zero-order valence-electron chi connectivity index (χ0n) is 17.2. The van der Waals surface area contributed by atoms with Crippen molar-refractivity contribution in [1.82, 2.24) is 9.47 Å². The fraction of sp³-hybridized carbons (Fsp3) is 0.304. The van der Waals surface area contributed by atoms with Gasteiger partial charge in [-0.3, -0.25) is 14.3 Å². The van der Waals surface area contributed by atoms with Crippen molar-refractivity contribution in [2.45, 2.75) is 25.9 Å². The topological polar surface area (TPSA) is 91.8 Å². The van der Waals surface area contributed by atoms with Gasteiger partial charge in [0.15, 0.2) is 12.3 Å². The molecule has 1 N–H and O–H groups in total. The quantitative estimate of drug-likeness (QED) is 0.348. The number of aromatic hydroxyl groups is 1. The van der Waals surface area contributed by atoms with Crippen molar-refractivity contribution >= 4 is 28.7 Å². The maximum Gasteiger partial charge on any atom is 0.304 e. The molecule has 1 aliphatic rings. The van der Waals surface area contributed by atoms with Gasteiger partial charge in [0.05, 0.1) is 18.4 Å². The van der Waals surface area contributed by atoms with Crippen molar-refractivity contribution < 1.29 is 14.7 Å². The summed E-state index contributed by atoms with van der Waals surface area (Å²) in [5.74, 6) is -0.580. The van der Waals surface area contributed by atoms with Crippen molar-refractivity contribution in [3.63, 3.8) is 0 Å². The second kappa shape index (κ2) is 9.99. The molecule has 3 aromatic rings. The number of azo groups is 1. The molecule has 2 aromatic carbocycles. The summed E-state index contributed by atoms with van der Waals surface area (Å²) in [6.45, 7) is 2.25. The van der Waals surface area contributed by atoms with Gasteiger partial charge in [0.1, 0.15) is 0 Å². The number of nitrogens with zero attached hydrogens (tertiary/aromatic N) is 5. The molecule has 0 unspecified atom stereocenters. The van der Waals surface area contributed by atoms with Crippen LogP contribution in [0.4, 0.5) is 5.69 Å². The summed E-state index contributed by atoms with van der Waals surface area (Å²) in [7, 11) is 0. The highest BCUT2D eigenvalue weighted by Gasteiger charge is 2.19. The first kappa shape index (κ1) is 20.7. The van der Waals surface area contributed by atoms with Crippen LogP contribution < -0.4 is 0 Å². The highest BCUT2D eigenvalue weighted by Crippen LogP contribution is 2.39. The third-order valence-electron chi connectivity index (χ3n) is 5.23. The van der Waals surface area contributed by atoms with Crippen LogP contribution in [0.2, 0.25) is 0 Å². The van der Waals surface area contributed by atoms with Gasteiger partial charge in [-0.2, -0.15) is 0 Å². The minimum Gasteiger partial charge on any atom is -0.493 e. The maximum atomic E-state index is 12.0. The summed E-state index contributed by atoms with van der Waals surface area (Å²) in [5, 5.41) is 23.1. The Kier molecular flexibility index (Phi) is 6.68. The fourth-order valence-electron chi connectivity index (χ4n) is 3.68. The molecule has 8 nitrogen and oxygen atoms in total. The van der Waals surface area contributed by atoms with E-state index in [-0.39, 0.29) is 18.2 Å². The molecule has 1 aliphatic heterocycles. The molecule has 0 radical (unpaired) electrons. The zero-order valence-corrected chi connectivity index (χ0v) is 17.2. The van der Waals surface area contributed by atoms with E-state index in [0.29, 0.717) is 6.67 Å². The van der Waals surface area contributed by atoms with Crippen molar-refractivity contribution in [1.29, 1.82) is 0 Å². The Hall–Kier alpha value is -3.52. The van der Waals surface area contributed by atoms with Crippen molar-refractivity contribution in [2.75, 3.05) is 19.7 Å². The van der Waals surface area contributed by atoms with Crippen molar-refractivity contribution in [3.8, 4) is 5.88 Å². The first-order valence-electron chi connectivity index (χ1n) is 10.4. The SMILES string of the molecule is O=C(CO/N=C/c1ccccc1)N=Nc1c(O)n(CN2CCCCC2)c2ccccc12. The Bertz CT molecular complexity index is 1090. The van der Waals surface area contributed by atoms with E-state index in [2.05, 4.69) is 20.3 Å². The molecule has 2 heterocycles. The summed E-state index contributed by atoms with van der Waals surface area (Å²) in [4.78, 5) is 19.4. The number of likely N-dealkylation sites (tertiary alicyclic amines) is 1. The summed E-state index contributed by atoms with van der Waals surface area (Å²) >= 11 is 0. The van der Waals surface area contributed by atoms with E-state index in [4.69, 9.17) is 4.84 Å². The number of carbonyl (C=O) groups is 1. The Morgan fingerprint density at radius 2 is 1.77 bits per heavy atom. The van der Waals surface area contributed by atoms with Gasteiger partial charge in [-0.1, -0.05) is 60.1 Å². The Balaban J connectivity index is 1.44. The number of carbonyl (C=O) groups excluding carboxylic acids is 1. The normalized spacial score (nSPS) is 15.2. The van der Waals surface area contributed by atoms with Crippen LogP contribution in [0, 0.1) is 0 Å². The number of amides is 1. The van der Waals surface area contributed by atoms with Gasteiger partial charge in [0.25, 0.3) is 0 Å². The highest BCUT2D eigenvalue weighted by atomic mass is 16.6. The average Bonchev–Trinajstić information content (AvgIpc) is 3.07. The van der Waals surface area contributed by atoms with Gasteiger partial charge in [-0.05, 0) is 37.6 Å². The summed E-state index contributed by atoms with van der Waals surface area (Å²) in [5.41, 5.74) is 2.01. The van der Waals surface area contributed by atoms with E-state index in [9.17, 15) is 9.90 Å². The molecule has 1 fully saturated rings. The van der Waals surface area contributed by atoms with Crippen molar-refractivity contribution in [3.05, 3.63) is 60.2 Å². The molecule has 31 heavy (non-hydrogen) atoms. The third-order valence-corrected chi connectivity index (χ3v) is 5.23. The largest absolute Gasteiger partial charge is 0.493 e. The van der Waals surface area contributed by atoms with Gasteiger partial charge in [0.2, 0.25) is 5.88 Å². The minimum atomic E-state index is -0.586. The number of hydrogen-bond acceptors (Lipinski definition) is 6. The molecular weight excluding hydrogens is 394 g/mol. The van der Waals surface area contributed by atoms with Gasteiger partial charge in [-0.25, -0.2) is 0 Å². The molecular formula is C23H25N5O3. The molecule has 0 bridgehead atoms. The Morgan fingerprint density at radius 3 is 2.58 bits per heavy atom. The Labute approximate surface area is 180 Å². The number of aromatic nitrogens is 1. The van der Waals surface area contributed by atoms with Crippen molar-refractivity contribution in [2.24, 2.45) is 15.4 Å². The standard InChI is InChI=1S/C23H25N5O3/c29-21(16-31-24-15-18-9-3-1-4-10-18)25-26-22-19-11-5-6-12-20(19)28(23(22)30)17-27-13-7-2-8-14-27/h1,3-6,9-12,15,30H,2,7-8,13-14,16-17H2/b24-15+,26-25?. The maximum absolute atomic E-state index is 12.0. The number of oxime groups is 1. The predicted octanol–water partition coefficient (Wildman–Crippen LogP) is 4.45. The van der Waals surface area contributed by atoms with E-state index in [0.717, 1.165) is 42.4 Å². The predicted molar refractivity (Wildman–Crippen MR) is 119 cm³/mol. The van der Waals surface area contributed by atoms with Crippen LogP contribution in [0.15, 0.2) is 70.0 Å². The number of fused-ring (bicyclic) bond motifs is 1. The first-order chi connectivity index (χ1) is 15.2. The highest BCUT2D eigenvalue weighted by molar-refractivity contribution is 5.95. The summed E-state index contributed by atoms with van der Waals surface area (Å²) < 4.78 is 1.82. The molecule has 0 aliphatic carbocycles. The number of benzene rings is 2. The number of para-hydroxylation sites is 1. The number of hydrogen-bond donors (Lipinski definition) is 1. The molecule has 1 aromatic heterocycles. The van der Waals surface area contributed by atoms with E-state index < -0.39 is 5.91 Å². The van der Waals surface area contributed by atoms with Gasteiger partial charge < -0.3 is 9.94 Å². The van der Waals surface area contributed by atoms with E-state index >= 15 is 0 Å². The lowest BCUT2D eigenvalue weighted by Crippen LogP contribution is -2.31. The molecule has 8 heteroatoms. The average molecular weight is 419 g/mol. The monoisotopic (exact) mass is 419 g/mol. The molecule has 160 valence electrons. The molecule has 0 spiro atoms. The molecule has 1 amide bonds. The second-order valence-electron chi connectivity index (χ2n) is 7.45. The lowest BCUT2D eigenvalue weighted by Gasteiger charge is -2.27. The first-order valence-corrected chi connectivity index (χ1v) is 10.4. The molecule has 0 saturated carbocycles. The van der Waals surface area contributed by atoms with Gasteiger partial charge in [0, 0.05) is 5.39 Å². The minimum absolute atomic E-state index is 0.00587. The van der Waals surface area contributed by atoms with Crippen LogP contribution in [0.5, 0.6) is 5.88 Å². The lowest BCUT2D eigenvalue weighted by molar-refractivity contribution is -0.122. The summed E-state index contributed by atoms with van der Waals surface area (Å²) in [6, 6.07) is 17.0. The zero-order chi connectivity index (χ0) is 21.5. The van der Waals surface area contributed by atoms with Crippen LogP contribution in [0.25, 0.3) is 10.9 Å². The van der Waals surface area contributed by atoms with E-state index in [1.165, 1.54) is 12.6 Å². The Morgan fingerprint density at radius 1 is 1.03 bits per heavy atom. The van der Waals surface area contributed by atoms with Crippen LogP contribution in [-0.2, 0) is 16.3 Å². The molecule has 1 saturated heterocycles. The van der Waals surface area contributed by atoms with E-state index in [1.807, 2.05) is 59.2 Å². The lowest BCUT2D eigenvalue weighted by atomic mass is 10.1. The number of rotatable bonds is 7. The van der Waals surface area contributed by atoms with Crippen LogP contribution >= 0.6 is 0 Å². The summed E-state index contributed by atoms with van der Waals surface area (Å²) in [6.07, 6.45) is 5.08. The van der Waals surface area contributed by atoms with Crippen LogP contribution in [-0.4, -0.2) is 46.4 Å². The molecule has 4 rings (SSSR count). The van der Waals surface area contributed by atoms with E-state index in [1.54, 1.807) is 0 Å². The van der Waals surface area contributed by atoms with Crippen LogP contribution in [0.1, 0.15) is 24.8 Å². The van der Waals surface area contributed by atoms with Gasteiger partial charge in [-0.15, -0.1) is 10.2 Å². The number of piperidine rings is 1. The second-order valence-corrected chi connectivity index (χ2v) is 7.45. The van der Waals surface area contributed by atoms with Gasteiger partial charge >= 0.3 is 5.91 Å².